The van der Waals surface area contributed by atoms with Crippen molar-refractivity contribution in [3.05, 3.63) is 36.0 Å². The predicted molar refractivity (Wildman–Crippen MR) is 102 cm³/mol. The summed E-state index contributed by atoms with van der Waals surface area (Å²) in [4.78, 5) is 14.0. The second-order valence-corrected chi connectivity index (χ2v) is 9.76. The number of ether oxygens (including phenoxy) is 1. The number of amides is 1. The van der Waals surface area contributed by atoms with Crippen LogP contribution < -0.4 is 0 Å². The monoisotopic (exact) mass is 378 g/mol. The van der Waals surface area contributed by atoms with E-state index < -0.39 is 15.6 Å². The number of benzene rings is 1. The van der Waals surface area contributed by atoms with Gasteiger partial charge in [-0.15, -0.1) is 0 Å². The lowest BCUT2D eigenvalue weighted by Crippen LogP contribution is -2.41. The molecule has 1 aromatic carbocycles. The van der Waals surface area contributed by atoms with Gasteiger partial charge in [0.05, 0.1) is 11.8 Å². The van der Waals surface area contributed by atoms with Crippen LogP contribution in [0.5, 0.6) is 0 Å². The maximum absolute atomic E-state index is 12.2. The van der Waals surface area contributed by atoms with Crippen molar-refractivity contribution in [2.45, 2.75) is 45.1 Å². The lowest BCUT2D eigenvalue weighted by Gasteiger charge is -2.33. The van der Waals surface area contributed by atoms with Crippen LogP contribution in [0.25, 0.3) is 10.9 Å². The minimum absolute atomic E-state index is 0.224. The van der Waals surface area contributed by atoms with Gasteiger partial charge in [-0.1, -0.05) is 18.2 Å². The number of fused-ring (bicyclic) bond motifs is 1. The van der Waals surface area contributed by atoms with Gasteiger partial charge in [0.1, 0.15) is 5.60 Å². The van der Waals surface area contributed by atoms with E-state index in [9.17, 15) is 13.2 Å². The number of rotatable bonds is 2. The summed E-state index contributed by atoms with van der Waals surface area (Å²) < 4.78 is 31.0. The van der Waals surface area contributed by atoms with Crippen LogP contribution in [0.1, 0.15) is 45.1 Å². The highest BCUT2D eigenvalue weighted by Crippen LogP contribution is 2.35. The highest BCUT2D eigenvalue weighted by Gasteiger charge is 2.29. The Morgan fingerprint density at radius 2 is 1.77 bits per heavy atom. The van der Waals surface area contributed by atoms with Crippen LogP contribution in [0.3, 0.4) is 0 Å². The van der Waals surface area contributed by atoms with Crippen LogP contribution in [0, 0.1) is 0 Å². The smallest absolute Gasteiger partial charge is 0.410 e. The van der Waals surface area contributed by atoms with Gasteiger partial charge in [0.15, 0.2) is 0 Å². The fourth-order valence-electron chi connectivity index (χ4n) is 3.47. The summed E-state index contributed by atoms with van der Waals surface area (Å²) in [6.07, 6.45) is 4.25. The van der Waals surface area contributed by atoms with Gasteiger partial charge >= 0.3 is 6.09 Å². The molecule has 1 aromatic heterocycles. The SMILES string of the molecule is CC(C)(C)OC(=O)N1CCC(c2cn(S(C)(=O)=O)c3ccccc23)CC1. The Kier molecular flexibility index (Phi) is 4.77. The van der Waals surface area contributed by atoms with Crippen LogP contribution in [0.2, 0.25) is 0 Å². The molecule has 1 amide bonds. The van der Waals surface area contributed by atoms with E-state index in [2.05, 4.69) is 0 Å². The summed E-state index contributed by atoms with van der Waals surface area (Å²) in [6.45, 7) is 6.79. The molecule has 6 nitrogen and oxygen atoms in total. The average molecular weight is 378 g/mol. The third-order valence-electron chi connectivity index (χ3n) is 4.65. The molecule has 1 saturated heterocycles. The van der Waals surface area contributed by atoms with Gasteiger partial charge in [-0.3, -0.25) is 0 Å². The molecule has 0 aliphatic carbocycles. The van der Waals surface area contributed by atoms with Crippen LogP contribution in [0.15, 0.2) is 30.5 Å². The molecule has 3 rings (SSSR count). The first-order valence-electron chi connectivity index (χ1n) is 8.85. The molecule has 0 unspecified atom stereocenters. The van der Waals surface area contributed by atoms with Crippen molar-refractivity contribution < 1.29 is 17.9 Å². The summed E-state index contributed by atoms with van der Waals surface area (Å²) in [7, 11) is -3.36. The third kappa shape index (κ3) is 3.87. The van der Waals surface area contributed by atoms with Crippen LogP contribution in [-0.4, -0.2) is 48.3 Å². The molecule has 2 aromatic rings. The first-order chi connectivity index (χ1) is 12.1. The zero-order valence-electron chi connectivity index (χ0n) is 15.7. The molecule has 7 heteroatoms. The molecule has 1 fully saturated rings. The maximum Gasteiger partial charge on any atom is 0.410 e. The van der Waals surface area contributed by atoms with E-state index in [0.29, 0.717) is 18.6 Å². The van der Waals surface area contributed by atoms with Crippen LogP contribution in [0.4, 0.5) is 4.79 Å². The number of hydrogen-bond donors (Lipinski definition) is 0. The lowest BCUT2D eigenvalue weighted by molar-refractivity contribution is 0.0205. The van der Waals surface area contributed by atoms with Crippen molar-refractivity contribution in [2.24, 2.45) is 0 Å². The van der Waals surface area contributed by atoms with Crippen molar-refractivity contribution in [3.63, 3.8) is 0 Å². The largest absolute Gasteiger partial charge is 0.444 e. The molecule has 1 aliphatic heterocycles. The topological polar surface area (TPSA) is 68.6 Å². The number of para-hydroxylation sites is 1. The zero-order valence-corrected chi connectivity index (χ0v) is 16.5. The summed E-state index contributed by atoms with van der Waals surface area (Å²) in [5.74, 6) is 0.224. The summed E-state index contributed by atoms with van der Waals surface area (Å²) in [6, 6.07) is 7.56. The highest BCUT2D eigenvalue weighted by atomic mass is 32.2. The van der Waals surface area contributed by atoms with Crippen molar-refractivity contribution in [2.75, 3.05) is 19.3 Å². The molecule has 142 valence electrons. The number of carbonyl (C=O) groups is 1. The van der Waals surface area contributed by atoms with Gasteiger partial charge in [0.2, 0.25) is 10.0 Å². The van der Waals surface area contributed by atoms with E-state index in [0.717, 1.165) is 23.8 Å². The summed E-state index contributed by atoms with van der Waals surface area (Å²) in [5.41, 5.74) is 1.24. The molecule has 0 bridgehead atoms. The van der Waals surface area contributed by atoms with E-state index in [1.54, 1.807) is 11.1 Å². The number of likely N-dealkylation sites (tertiary alicyclic amines) is 1. The minimum Gasteiger partial charge on any atom is -0.444 e. The Hall–Kier alpha value is -2.02. The molecular formula is C19H26N2O4S. The Morgan fingerprint density at radius 1 is 1.15 bits per heavy atom. The van der Waals surface area contributed by atoms with Crippen LogP contribution in [-0.2, 0) is 14.8 Å². The van der Waals surface area contributed by atoms with Gasteiger partial charge in [-0.2, -0.15) is 0 Å². The molecule has 0 radical (unpaired) electrons. The second-order valence-electron chi connectivity index (χ2n) is 7.90. The van der Waals surface area contributed by atoms with Gasteiger partial charge in [-0.25, -0.2) is 17.2 Å². The quantitative estimate of drug-likeness (QED) is 0.801. The first kappa shape index (κ1) is 18.8. The van der Waals surface area contributed by atoms with Gasteiger partial charge in [0.25, 0.3) is 0 Å². The first-order valence-corrected chi connectivity index (χ1v) is 10.7. The molecule has 2 heterocycles. The van der Waals surface area contributed by atoms with Crippen molar-refractivity contribution >= 4 is 27.0 Å². The fraction of sp³-hybridized carbons (Fsp3) is 0.526. The van der Waals surface area contributed by atoms with Crippen molar-refractivity contribution in [3.8, 4) is 0 Å². The van der Waals surface area contributed by atoms with Crippen molar-refractivity contribution in [1.29, 1.82) is 0 Å². The Labute approximate surface area is 154 Å². The zero-order chi connectivity index (χ0) is 19.1. The van der Waals surface area contributed by atoms with Crippen molar-refractivity contribution in [1.82, 2.24) is 8.87 Å². The summed E-state index contributed by atoms with van der Waals surface area (Å²) in [5, 5.41) is 0.966. The van der Waals surface area contributed by atoms with E-state index in [1.165, 1.54) is 10.2 Å². The van der Waals surface area contributed by atoms with E-state index in [4.69, 9.17) is 4.74 Å². The Balaban J connectivity index is 1.81. The number of nitrogens with zero attached hydrogens (tertiary/aromatic N) is 2. The molecule has 26 heavy (non-hydrogen) atoms. The number of carbonyl (C=O) groups excluding carboxylic acids is 1. The number of hydrogen-bond acceptors (Lipinski definition) is 4. The number of aromatic nitrogens is 1. The molecule has 0 N–H and O–H groups in total. The fourth-order valence-corrected chi connectivity index (χ4v) is 4.30. The van der Waals surface area contributed by atoms with E-state index in [1.807, 2.05) is 45.0 Å². The molecular weight excluding hydrogens is 352 g/mol. The van der Waals surface area contributed by atoms with Gasteiger partial charge in [0, 0.05) is 24.7 Å². The molecule has 1 aliphatic rings. The average Bonchev–Trinajstić information content (AvgIpc) is 2.93. The molecule has 0 atom stereocenters. The highest BCUT2D eigenvalue weighted by molar-refractivity contribution is 7.89. The van der Waals surface area contributed by atoms with Crippen LogP contribution >= 0.6 is 0 Å². The molecule has 0 saturated carbocycles. The summed E-state index contributed by atoms with van der Waals surface area (Å²) >= 11 is 0. The van der Waals surface area contributed by atoms with E-state index in [-0.39, 0.29) is 12.0 Å². The predicted octanol–water partition coefficient (Wildman–Crippen LogP) is 3.56. The second kappa shape index (κ2) is 6.61. The molecule has 0 spiro atoms. The standard InChI is InChI=1S/C19H26N2O4S/c1-19(2,3)25-18(22)20-11-9-14(10-12-20)16-13-21(26(4,23)24)17-8-6-5-7-15(16)17/h5-8,13-14H,9-12H2,1-4H3. The third-order valence-corrected chi connectivity index (χ3v) is 5.67. The Morgan fingerprint density at radius 3 is 2.35 bits per heavy atom. The number of piperidine rings is 1. The van der Waals surface area contributed by atoms with E-state index >= 15 is 0 Å². The minimum atomic E-state index is -3.36. The Bertz CT molecular complexity index is 917. The van der Waals surface area contributed by atoms with Gasteiger partial charge in [-0.05, 0) is 51.2 Å². The normalized spacial score (nSPS) is 16.8. The van der Waals surface area contributed by atoms with Gasteiger partial charge < -0.3 is 9.64 Å². The maximum atomic E-state index is 12.2. The lowest BCUT2D eigenvalue weighted by atomic mass is 9.89.